The van der Waals surface area contributed by atoms with Gasteiger partial charge >= 0.3 is 0 Å². The molecule has 4 heterocycles. The Morgan fingerprint density at radius 1 is 1.11 bits per heavy atom. The highest BCUT2D eigenvalue weighted by atomic mass is 32.1. The number of rotatable bonds is 3. The normalized spacial score (nSPS) is 15.5. The quantitative estimate of drug-likeness (QED) is 0.560. The summed E-state index contributed by atoms with van der Waals surface area (Å²) in [5.74, 6) is 1.59. The summed E-state index contributed by atoms with van der Waals surface area (Å²) in [7, 11) is 0. The van der Waals surface area contributed by atoms with Gasteiger partial charge in [0.05, 0.1) is 11.1 Å². The highest BCUT2D eigenvalue weighted by Gasteiger charge is 2.25. The van der Waals surface area contributed by atoms with Crippen LogP contribution in [0.2, 0.25) is 0 Å². The Balaban J connectivity index is 1.46. The van der Waals surface area contributed by atoms with E-state index in [1.54, 1.807) is 17.7 Å². The first-order valence-electron chi connectivity index (χ1n) is 9.34. The van der Waals surface area contributed by atoms with Gasteiger partial charge in [-0.05, 0) is 31.4 Å². The topological polar surface area (TPSA) is 57.7 Å². The third kappa shape index (κ3) is 3.00. The number of aryl methyl sites for hydroxylation is 1. The van der Waals surface area contributed by atoms with E-state index in [9.17, 15) is 0 Å². The fourth-order valence-corrected chi connectivity index (χ4v) is 4.88. The van der Waals surface area contributed by atoms with Crippen molar-refractivity contribution < 1.29 is 0 Å². The van der Waals surface area contributed by atoms with E-state index in [4.69, 9.17) is 4.98 Å². The number of hydrogen-bond donors (Lipinski definition) is 1. The molecule has 1 aliphatic rings. The van der Waals surface area contributed by atoms with Crippen molar-refractivity contribution in [3.8, 4) is 11.1 Å². The molecule has 0 atom stereocenters. The standard InChI is InChI=1S/C21H21N5S/c1-14-11-18(25-24-14)16-7-9-26(10-8-16)20-19-17(15-5-3-2-4-6-15)12-27-21(19)23-13-22-20/h2-6,11-13,16H,7-10H2,1H3,(H,24,25). The maximum absolute atomic E-state index is 4.69. The second-order valence-electron chi connectivity index (χ2n) is 7.13. The van der Waals surface area contributed by atoms with Crippen molar-refractivity contribution in [1.82, 2.24) is 20.2 Å². The molecule has 1 N–H and O–H groups in total. The van der Waals surface area contributed by atoms with Gasteiger partial charge in [0.15, 0.2) is 0 Å². The van der Waals surface area contributed by atoms with Crippen molar-refractivity contribution in [2.45, 2.75) is 25.7 Å². The zero-order valence-electron chi connectivity index (χ0n) is 15.2. The summed E-state index contributed by atoms with van der Waals surface area (Å²) in [5, 5.41) is 10.9. The van der Waals surface area contributed by atoms with E-state index in [0.29, 0.717) is 5.92 Å². The van der Waals surface area contributed by atoms with Crippen LogP contribution in [0.5, 0.6) is 0 Å². The molecule has 0 aliphatic carbocycles. The van der Waals surface area contributed by atoms with Crippen molar-refractivity contribution in [2.24, 2.45) is 0 Å². The van der Waals surface area contributed by atoms with Gasteiger partial charge in [0.2, 0.25) is 0 Å². The molecule has 1 aromatic carbocycles. The molecule has 0 spiro atoms. The summed E-state index contributed by atoms with van der Waals surface area (Å²) in [6.07, 6.45) is 3.90. The molecule has 1 aliphatic heterocycles. The average molecular weight is 376 g/mol. The first-order valence-corrected chi connectivity index (χ1v) is 10.2. The predicted molar refractivity (Wildman–Crippen MR) is 110 cm³/mol. The average Bonchev–Trinajstić information content (AvgIpc) is 3.35. The van der Waals surface area contributed by atoms with E-state index in [2.05, 4.69) is 68.8 Å². The van der Waals surface area contributed by atoms with E-state index in [1.807, 2.05) is 0 Å². The lowest BCUT2D eigenvalue weighted by Gasteiger charge is -2.32. The number of H-pyrrole nitrogens is 1. The summed E-state index contributed by atoms with van der Waals surface area (Å²) in [6, 6.07) is 12.7. The summed E-state index contributed by atoms with van der Waals surface area (Å²) < 4.78 is 0. The maximum atomic E-state index is 4.69. The van der Waals surface area contributed by atoms with Crippen LogP contribution in [0.4, 0.5) is 5.82 Å². The summed E-state index contributed by atoms with van der Waals surface area (Å²) in [5.41, 5.74) is 4.79. The van der Waals surface area contributed by atoms with Crippen LogP contribution in [0, 0.1) is 6.92 Å². The second kappa shape index (κ2) is 6.78. The van der Waals surface area contributed by atoms with E-state index in [-0.39, 0.29) is 0 Å². The van der Waals surface area contributed by atoms with Gasteiger partial charge < -0.3 is 4.90 Å². The minimum Gasteiger partial charge on any atom is -0.356 e. The fourth-order valence-electron chi connectivity index (χ4n) is 3.96. The summed E-state index contributed by atoms with van der Waals surface area (Å²) in [6.45, 7) is 4.05. The van der Waals surface area contributed by atoms with Crippen LogP contribution in [-0.2, 0) is 0 Å². The van der Waals surface area contributed by atoms with Crippen LogP contribution in [0.15, 0.2) is 48.1 Å². The summed E-state index contributed by atoms with van der Waals surface area (Å²) >= 11 is 1.70. The molecule has 27 heavy (non-hydrogen) atoms. The third-order valence-electron chi connectivity index (χ3n) is 5.37. The number of aromatic amines is 1. The van der Waals surface area contributed by atoms with Gasteiger partial charge in [-0.1, -0.05) is 30.3 Å². The van der Waals surface area contributed by atoms with Crippen molar-refractivity contribution in [3.63, 3.8) is 0 Å². The van der Waals surface area contributed by atoms with Crippen molar-refractivity contribution >= 4 is 27.4 Å². The van der Waals surface area contributed by atoms with E-state index >= 15 is 0 Å². The van der Waals surface area contributed by atoms with E-state index < -0.39 is 0 Å². The van der Waals surface area contributed by atoms with Gasteiger partial charge in [0.25, 0.3) is 0 Å². The number of piperidine rings is 1. The molecule has 0 unspecified atom stereocenters. The zero-order chi connectivity index (χ0) is 18.2. The number of thiophene rings is 1. The first-order chi connectivity index (χ1) is 13.3. The van der Waals surface area contributed by atoms with Crippen molar-refractivity contribution in [3.05, 3.63) is 59.5 Å². The molecule has 1 saturated heterocycles. The molecule has 136 valence electrons. The van der Waals surface area contributed by atoms with Crippen LogP contribution in [0.25, 0.3) is 21.3 Å². The third-order valence-corrected chi connectivity index (χ3v) is 6.26. The number of hydrogen-bond acceptors (Lipinski definition) is 5. The first kappa shape index (κ1) is 16.4. The van der Waals surface area contributed by atoms with Gasteiger partial charge in [-0.2, -0.15) is 5.10 Å². The highest BCUT2D eigenvalue weighted by molar-refractivity contribution is 7.17. The lowest BCUT2D eigenvalue weighted by atomic mass is 9.93. The van der Waals surface area contributed by atoms with Gasteiger partial charge in [-0.25, -0.2) is 9.97 Å². The smallest absolute Gasteiger partial charge is 0.141 e. The maximum Gasteiger partial charge on any atom is 0.141 e. The van der Waals surface area contributed by atoms with Gasteiger partial charge in [0, 0.05) is 35.6 Å². The number of nitrogens with one attached hydrogen (secondary N) is 1. The fraction of sp³-hybridized carbons (Fsp3) is 0.286. The molecule has 0 saturated carbocycles. The minimum absolute atomic E-state index is 0.527. The SMILES string of the molecule is Cc1cc(C2CCN(c3ncnc4scc(-c5ccccc5)c34)CC2)n[nH]1. The van der Waals surface area contributed by atoms with Crippen molar-refractivity contribution in [2.75, 3.05) is 18.0 Å². The lowest BCUT2D eigenvalue weighted by Crippen LogP contribution is -2.33. The van der Waals surface area contributed by atoms with E-state index in [1.165, 1.54) is 22.2 Å². The lowest BCUT2D eigenvalue weighted by molar-refractivity contribution is 0.494. The van der Waals surface area contributed by atoms with Crippen LogP contribution in [0.1, 0.15) is 30.1 Å². The van der Waals surface area contributed by atoms with Crippen LogP contribution in [0.3, 0.4) is 0 Å². The Kier molecular flexibility index (Phi) is 4.13. The van der Waals surface area contributed by atoms with Gasteiger partial charge in [0.1, 0.15) is 17.0 Å². The molecule has 3 aromatic heterocycles. The number of nitrogens with zero attached hydrogens (tertiary/aromatic N) is 4. The van der Waals surface area contributed by atoms with Crippen molar-refractivity contribution in [1.29, 1.82) is 0 Å². The molecule has 5 rings (SSSR count). The molecule has 6 heteroatoms. The number of anilines is 1. The Labute approximate surface area is 162 Å². The molecule has 1 fully saturated rings. The number of fused-ring (bicyclic) bond motifs is 1. The Morgan fingerprint density at radius 2 is 1.93 bits per heavy atom. The summed E-state index contributed by atoms with van der Waals surface area (Å²) in [4.78, 5) is 12.7. The molecule has 0 radical (unpaired) electrons. The monoisotopic (exact) mass is 375 g/mol. The van der Waals surface area contributed by atoms with Gasteiger partial charge in [-0.3, -0.25) is 5.10 Å². The number of benzene rings is 1. The second-order valence-corrected chi connectivity index (χ2v) is 7.99. The molecule has 4 aromatic rings. The molecular formula is C21H21N5S. The zero-order valence-corrected chi connectivity index (χ0v) is 16.0. The van der Waals surface area contributed by atoms with Gasteiger partial charge in [-0.15, -0.1) is 11.3 Å². The Morgan fingerprint density at radius 3 is 2.67 bits per heavy atom. The largest absolute Gasteiger partial charge is 0.356 e. The number of aromatic nitrogens is 4. The predicted octanol–water partition coefficient (Wildman–Crippen LogP) is 4.77. The molecular weight excluding hydrogens is 354 g/mol. The highest BCUT2D eigenvalue weighted by Crippen LogP contribution is 2.39. The molecule has 5 nitrogen and oxygen atoms in total. The molecule has 0 amide bonds. The van der Waals surface area contributed by atoms with E-state index in [0.717, 1.165) is 42.3 Å². The minimum atomic E-state index is 0.527. The van der Waals surface area contributed by atoms with Crippen LogP contribution < -0.4 is 4.90 Å². The van der Waals surface area contributed by atoms with Crippen LogP contribution in [-0.4, -0.2) is 33.3 Å². The molecule has 0 bridgehead atoms. The Bertz CT molecular complexity index is 1060. The Hall–Kier alpha value is -2.73. The van der Waals surface area contributed by atoms with Crippen LogP contribution >= 0.6 is 11.3 Å².